The van der Waals surface area contributed by atoms with Gasteiger partial charge in [-0.05, 0) is 18.2 Å². The number of morpholine rings is 1. The molecule has 0 aromatic heterocycles. The van der Waals surface area contributed by atoms with E-state index in [1.54, 1.807) is 13.2 Å². The topological polar surface area (TPSA) is 33.7 Å². The summed E-state index contributed by atoms with van der Waals surface area (Å²) in [5, 5.41) is 3.32. The second kappa shape index (κ2) is 7.43. The van der Waals surface area contributed by atoms with E-state index in [-0.39, 0.29) is 5.82 Å². The van der Waals surface area contributed by atoms with Crippen molar-refractivity contribution in [3.63, 3.8) is 0 Å². The third kappa shape index (κ3) is 4.45. The number of nitrogens with zero attached hydrogens (tertiary/aromatic N) is 1. The highest BCUT2D eigenvalue weighted by atomic mass is 19.1. The van der Waals surface area contributed by atoms with Gasteiger partial charge in [0.05, 0.1) is 20.3 Å². The van der Waals surface area contributed by atoms with Crippen LogP contribution < -0.4 is 10.1 Å². The number of rotatable bonds is 6. The van der Waals surface area contributed by atoms with E-state index in [0.29, 0.717) is 6.54 Å². The smallest absolute Gasteiger partial charge is 0.123 e. The van der Waals surface area contributed by atoms with Crippen molar-refractivity contribution >= 4 is 0 Å². The lowest BCUT2D eigenvalue weighted by molar-refractivity contribution is 0.0384. The van der Waals surface area contributed by atoms with Crippen LogP contribution >= 0.6 is 0 Å². The lowest BCUT2D eigenvalue weighted by Gasteiger charge is -2.26. The van der Waals surface area contributed by atoms with Crippen molar-refractivity contribution in [3.8, 4) is 5.75 Å². The zero-order chi connectivity index (χ0) is 13.5. The van der Waals surface area contributed by atoms with Gasteiger partial charge >= 0.3 is 0 Å². The molecule has 1 N–H and O–H groups in total. The Morgan fingerprint density at radius 1 is 1.37 bits per heavy atom. The average molecular weight is 268 g/mol. The van der Waals surface area contributed by atoms with Crippen LogP contribution in [0, 0.1) is 5.82 Å². The molecule has 1 heterocycles. The van der Waals surface area contributed by atoms with E-state index < -0.39 is 0 Å². The highest BCUT2D eigenvalue weighted by Crippen LogP contribution is 2.18. The van der Waals surface area contributed by atoms with Gasteiger partial charge in [-0.2, -0.15) is 0 Å². The van der Waals surface area contributed by atoms with Crippen molar-refractivity contribution in [2.24, 2.45) is 0 Å². The second-order valence-electron chi connectivity index (χ2n) is 4.59. The Labute approximate surface area is 113 Å². The SMILES string of the molecule is COc1ccc(F)cc1CNCCN1CCOCC1. The Balaban J connectivity index is 1.74. The predicted octanol–water partition coefficient (Wildman–Crippen LogP) is 1.26. The van der Waals surface area contributed by atoms with E-state index in [9.17, 15) is 4.39 Å². The van der Waals surface area contributed by atoms with E-state index >= 15 is 0 Å². The molecule has 0 bridgehead atoms. The zero-order valence-electron chi connectivity index (χ0n) is 11.3. The summed E-state index contributed by atoms with van der Waals surface area (Å²) in [6.45, 7) is 6.09. The van der Waals surface area contributed by atoms with Gasteiger partial charge in [0.2, 0.25) is 0 Å². The summed E-state index contributed by atoms with van der Waals surface area (Å²) in [6.07, 6.45) is 0. The fraction of sp³-hybridized carbons (Fsp3) is 0.571. The molecule has 5 heteroatoms. The van der Waals surface area contributed by atoms with Crippen LogP contribution in [0.1, 0.15) is 5.56 Å². The summed E-state index contributed by atoms with van der Waals surface area (Å²) in [7, 11) is 1.60. The summed E-state index contributed by atoms with van der Waals surface area (Å²) in [5.74, 6) is 0.492. The van der Waals surface area contributed by atoms with Gasteiger partial charge in [-0.1, -0.05) is 0 Å². The number of halogens is 1. The summed E-state index contributed by atoms with van der Waals surface area (Å²) >= 11 is 0. The summed E-state index contributed by atoms with van der Waals surface area (Å²) < 4.78 is 23.7. The minimum atomic E-state index is -0.231. The Bertz CT molecular complexity index is 395. The first kappa shape index (κ1) is 14.2. The number of hydrogen-bond acceptors (Lipinski definition) is 4. The molecular weight excluding hydrogens is 247 g/mol. The zero-order valence-corrected chi connectivity index (χ0v) is 11.3. The second-order valence-corrected chi connectivity index (χ2v) is 4.59. The van der Waals surface area contributed by atoms with Crippen molar-refractivity contribution in [2.75, 3.05) is 46.5 Å². The maximum Gasteiger partial charge on any atom is 0.123 e. The minimum absolute atomic E-state index is 0.231. The first-order valence-corrected chi connectivity index (χ1v) is 6.63. The van der Waals surface area contributed by atoms with Crippen LogP contribution in [-0.2, 0) is 11.3 Å². The third-order valence-electron chi connectivity index (χ3n) is 3.27. The molecule has 0 amide bonds. The predicted molar refractivity (Wildman–Crippen MR) is 71.9 cm³/mol. The van der Waals surface area contributed by atoms with Crippen molar-refractivity contribution in [1.82, 2.24) is 10.2 Å². The molecule has 0 unspecified atom stereocenters. The normalized spacial score (nSPS) is 16.5. The van der Waals surface area contributed by atoms with Gasteiger partial charge < -0.3 is 14.8 Å². The Morgan fingerprint density at radius 2 is 2.16 bits per heavy atom. The molecule has 1 saturated heterocycles. The first-order chi connectivity index (χ1) is 9.29. The van der Waals surface area contributed by atoms with Crippen molar-refractivity contribution in [3.05, 3.63) is 29.6 Å². The van der Waals surface area contributed by atoms with Crippen LogP contribution in [0.5, 0.6) is 5.75 Å². The largest absolute Gasteiger partial charge is 0.496 e. The minimum Gasteiger partial charge on any atom is -0.496 e. The maximum absolute atomic E-state index is 13.2. The molecule has 2 rings (SSSR count). The van der Waals surface area contributed by atoms with Gasteiger partial charge in [0.15, 0.2) is 0 Å². The molecule has 1 aromatic rings. The lowest BCUT2D eigenvalue weighted by atomic mass is 10.2. The molecule has 19 heavy (non-hydrogen) atoms. The highest BCUT2D eigenvalue weighted by Gasteiger charge is 2.09. The standard InChI is InChI=1S/C14H21FN2O2/c1-18-14-3-2-13(15)10-12(14)11-16-4-5-17-6-8-19-9-7-17/h2-3,10,16H,4-9,11H2,1H3. The lowest BCUT2D eigenvalue weighted by Crippen LogP contribution is -2.40. The quantitative estimate of drug-likeness (QED) is 0.788. The van der Waals surface area contributed by atoms with E-state index in [1.807, 2.05) is 0 Å². The summed E-state index contributed by atoms with van der Waals surface area (Å²) in [6, 6.07) is 4.59. The van der Waals surface area contributed by atoms with Crippen LogP contribution in [0.4, 0.5) is 4.39 Å². The van der Waals surface area contributed by atoms with E-state index in [1.165, 1.54) is 12.1 Å². The fourth-order valence-corrected chi connectivity index (χ4v) is 2.17. The average Bonchev–Trinajstić information content (AvgIpc) is 2.45. The van der Waals surface area contributed by atoms with E-state index in [4.69, 9.17) is 9.47 Å². The van der Waals surface area contributed by atoms with Crippen LogP contribution in [0.3, 0.4) is 0 Å². The molecular formula is C14H21FN2O2. The number of ether oxygens (including phenoxy) is 2. The number of methoxy groups -OCH3 is 1. The molecule has 0 atom stereocenters. The summed E-state index contributed by atoms with van der Waals surface area (Å²) in [5.41, 5.74) is 0.851. The van der Waals surface area contributed by atoms with Gasteiger partial charge in [0, 0.05) is 38.3 Å². The van der Waals surface area contributed by atoms with Crippen molar-refractivity contribution in [2.45, 2.75) is 6.54 Å². The van der Waals surface area contributed by atoms with Crippen LogP contribution in [-0.4, -0.2) is 51.4 Å². The molecule has 106 valence electrons. The molecule has 0 saturated carbocycles. The van der Waals surface area contributed by atoms with Crippen molar-refractivity contribution in [1.29, 1.82) is 0 Å². The molecule has 1 aliphatic heterocycles. The summed E-state index contributed by atoms with van der Waals surface area (Å²) in [4.78, 5) is 2.36. The van der Waals surface area contributed by atoms with Crippen LogP contribution in [0.15, 0.2) is 18.2 Å². The van der Waals surface area contributed by atoms with Gasteiger partial charge in [0.1, 0.15) is 11.6 Å². The highest BCUT2D eigenvalue weighted by molar-refractivity contribution is 5.33. The Morgan fingerprint density at radius 3 is 2.89 bits per heavy atom. The van der Waals surface area contributed by atoms with Crippen LogP contribution in [0.2, 0.25) is 0 Å². The molecule has 1 fully saturated rings. The monoisotopic (exact) mass is 268 g/mol. The van der Waals surface area contributed by atoms with Gasteiger partial charge in [0.25, 0.3) is 0 Å². The molecule has 1 aromatic carbocycles. The van der Waals surface area contributed by atoms with E-state index in [2.05, 4.69) is 10.2 Å². The fourth-order valence-electron chi connectivity index (χ4n) is 2.17. The molecule has 4 nitrogen and oxygen atoms in total. The molecule has 0 spiro atoms. The Kier molecular flexibility index (Phi) is 5.57. The van der Waals surface area contributed by atoms with Gasteiger partial charge in [-0.3, -0.25) is 4.90 Å². The molecule has 0 radical (unpaired) electrons. The van der Waals surface area contributed by atoms with Crippen LogP contribution in [0.25, 0.3) is 0 Å². The third-order valence-corrected chi connectivity index (χ3v) is 3.27. The number of nitrogens with one attached hydrogen (secondary N) is 1. The van der Waals surface area contributed by atoms with Crippen molar-refractivity contribution < 1.29 is 13.9 Å². The van der Waals surface area contributed by atoms with E-state index in [0.717, 1.165) is 50.7 Å². The molecule has 1 aliphatic rings. The Hall–Kier alpha value is -1.17. The molecule has 0 aliphatic carbocycles. The maximum atomic E-state index is 13.2. The van der Waals surface area contributed by atoms with Gasteiger partial charge in [-0.15, -0.1) is 0 Å². The number of hydrogen-bond donors (Lipinski definition) is 1. The first-order valence-electron chi connectivity index (χ1n) is 6.63. The number of benzene rings is 1. The van der Waals surface area contributed by atoms with Gasteiger partial charge in [-0.25, -0.2) is 4.39 Å².